The molecule has 0 aromatic heterocycles. The van der Waals surface area contributed by atoms with Crippen LogP contribution in [0.15, 0.2) is 30.3 Å². The van der Waals surface area contributed by atoms with Crippen LogP contribution >= 0.6 is 0 Å². The van der Waals surface area contributed by atoms with Crippen molar-refractivity contribution in [2.75, 3.05) is 0 Å². The second-order valence-corrected chi connectivity index (χ2v) is 5.85. The van der Waals surface area contributed by atoms with E-state index in [1.54, 1.807) is 0 Å². The van der Waals surface area contributed by atoms with Crippen molar-refractivity contribution < 1.29 is 14.7 Å². The van der Waals surface area contributed by atoms with E-state index in [4.69, 9.17) is 0 Å². The summed E-state index contributed by atoms with van der Waals surface area (Å²) < 4.78 is 0. The van der Waals surface area contributed by atoms with Crippen molar-refractivity contribution in [2.45, 2.75) is 39.2 Å². The van der Waals surface area contributed by atoms with Crippen LogP contribution in [-0.2, 0) is 16.0 Å². The molecule has 0 aliphatic heterocycles. The Bertz CT molecular complexity index is 500. The minimum absolute atomic E-state index is 0.0369. The number of rotatable bonds is 6. The summed E-state index contributed by atoms with van der Waals surface area (Å²) in [5.41, 5.74) is 0.967. The van der Waals surface area contributed by atoms with Crippen LogP contribution in [0.3, 0.4) is 0 Å². The maximum Gasteiger partial charge on any atom is 0.326 e. The smallest absolute Gasteiger partial charge is 0.326 e. The molecule has 1 aromatic rings. The third kappa shape index (κ3) is 3.18. The first-order valence-corrected chi connectivity index (χ1v) is 7.03. The number of carboxylic acid groups (broad SMARTS) is 1. The Morgan fingerprint density at radius 3 is 2.55 bits per heavy atom. The molecule has 0 radical (unpaired) electrons. The van der Waals surface area contributed by atoms with Gasteiger partial charge in [-0.1, -0.05) is 44.2 Å². The SMILES string of the molecule is CCC1(C)CC1C(=O)N[C@H](Cc1ccccc1)C(=O)O. The highest BCUT2D eigenvalue weighted by molar-refractivity contribution is 5.87. The Labute approximate surface area is 119 Å². The van der Waals surface area contributed by atoms with Gasteiger partial charge in [-0.15, -0.1) is 0 Å². The highest BCUT2D eigenvalue weighted by Gasteiger charge is 2.53. The number of benzene rings is 1. The lowest BCUT2D eigenvalue weighted by molar-refractivity contribution is -0.142. The molecule has 1 aliphatic rings. The molecule has 4 nitrogen and oxygen atoms in total. The van der Waals surface area contributed by atoms with E-state index in [1.165, 1.54) is 0 Å². The van der Waals surface area contributed by atoms with Gasteiger partial charge in [0.15, 0.2) is 0 Å². The molecule has 0 heterocycles. The van der Waals surface area contributed by atoms with Crippen LogP contribution in [0.1, 0.15) is 32.3 Å². The Kier molecular flexibility index (Phi) is 4.12. The zero-order valence-electron chi connectivity index (χ0n) is 11.9. The molecule has 1 aromatic carbocycles. The van der Waals surface area contributed by atoms with Gasteiger partial charge in [-0.25, -0.2) is 4.79 Å². The number of hydrogen-bond acceptors (Lipinski definition) is 2. The predicted molar refractivity (Wildman–Crippen MR) is 76.2 cm³/mol. The van der Waals surface area contributed by atoms with Gasteiger partial charge in [-0.05, 0) is 23.8 Å². The molecule has 0 bridgehead atoms. The predicted octanol–water partition coefficient (Wildman–Crippen LogP) is 2.23. The normalized spacial score (nSPS) is 25.8. The van der Waals surface area contributed by atoms with Crippen molar-refractivity contribution in [3.05, 3.63) is 35.9 Å². The van der Waals surface area contributed by atoms with Crippen LogP contribution < -0.4 is 5.32 Å². The van der Waals surface area contributed by atoms with Gasteiger partial charge in [-0.3, -0.25) is 4.79 Å². The van der Waals surface area contributed by atoms with Gasteiger partial charge in [0.2, 0.25) is 5.91 Å². The van der Waals surface area contributed by atoms with Crippen molar-refractivity contribution in [3.8, 4) is 0 Å². The summed E-state index contributed by atoms with van der Waals surface area (Å²) in [6.07, 6.45) is 2.12. The second kappa shape index (κ2) is 5.65. The number of nitrogens with one attached hydrogen (secondary N) is 1. The summed E-state index contributed by atoms with van der Waals surface area (Å²) in [6.45, 7) is 4.14. The molecule has 1 amide bonds. The van der Waals surface area contributed by atoms with Gasteiger partial charge >= 0.3 is 5.97 Å². The number of carbonyl (C=O) groups excluding carboxylic acids is 1. The van der Waals surface area contributed by atoms with E-state index in [0.29, 0.717) is 6.42 Å². The summed E-state index contributed by atoms with van der Waals surface area (Å²) in [7, 11) is 0. The fourth-order valence-corrected chi connectivity index (χ4v) is 2.53. The van der Waals surface area contributed by atoms with Gasteiger partial charge in [0.1, 0.15) is 6.04 Å². The number of carbonyl (C=O) groups is 2. The molecule has 1 fully saturated rings. The quantitative estimate of drug-likeness (QED) is 0.836. The molecule has 0 spiro atoms. The van der Waals surface area contributed by atoms with Crippen LogP contribution in [0.5, 0.6) is 0 Å². The Balaban J connectivity index is 1.97. The fourth-order valence-electron chi connectivity index (χ4n) is 2.53. The van der Waals surface area contributed by atoms with Gasteiger partial charge in [0.25, 0.3) is 0 Å². The second-order valence-electron chi connectivity index (χ2n) is 5.85. The van der Waals surface area contributed by atoms with Gasteiger partial charge < -0.3 is 10.4 Å². The molecule has 20 heavy (non-hydrogen) atoms. The molecule has 4 heteroatoms. The summed E-state index contributed by atoms with van der Waals surface area (Å²) >= 11 is 0. The number of aliphatic carboxylic acids is 1. The van der Waals surface area contributed by atoms with Gasteiger partial charge in [0, 0.05) is 12.3 Å². The molecule has 0 saturated heterocycles. The number of carboxylic acids is 1. The first kappa shape index (κ1) is 14.6. The van der Waals surface area contributed by atoms with Crippen LogP contribution in [0.2, 0.25) is 0 Å². The highest BCUT2D eigenvalue weighted by atomic mass is 16.4. The third-order valence-electron chi connectivity index (χ3n) is 4.37. The largest absolute Gasteiger partial charge is 0.480 e. The van der Waals surface area contributed by atoms with E-state index in [1.807, 2.05) is 30.3 Å². The Morgan fingerprint density at radius 2 is 2.05 bits per heavy atom. The van der Waals surface area contributed by atoms with E-state index >= 15 is 0 Å². The standard InChI is InChI=1S/C16H21NO3/c1-3-16(2)10-12(16)14(18)17-13(15(19)20)9-11-7-5-4-6-8-11/h4-8,12-13H,3,9-10H2,1-2H3,(H,17,18)(H,19,20)/t12?,13-,16?/m1/s1. The van der Waals surface area contributed by atoms with Crippen molar-refractivity contribution in [3.63, 3.8) is 0 Å². The topological polar surface area (TPSA) is 66.4 Å². The van der Waals surface area contributed by atoms with E-state index < -0.39 is 12.0 Å². The molecule has 108 valence electrons. The van der Waals surface area contributed by atoms with Crippen LogP contribution in [0.4, 0.5) is 0 Å². The van der Waals surface area contributed by atoms with Crippen LogP contribution in [0.25, 0.3) is 0 Å². The maximum absolute atomic E-state index is 12.1. The Morgan fingerprint density at radius 1 is 1.40 bits per heavy atom. The first-order valence-electron chi connectivity index (χ1n) is 7.03. The minimum Gasteiger partial charge on any atom is -0.480 e. The van der Waals surface area contributed by atoms with Crippen molar-refractivity contribution in [1.29, 1.82) is 0 Å². The van der Waals surface area contributed by atoms with Crippen molar-refractivity contribution >= 4 is 11.9 Å². The molecule has 2 rings (SSSR count). The first-order chi connectivity index (χ1) is 9.46. The fraction of sp³-hybridized carbons (Fsp3) is 0.500. The van der Waals surface area contributed by atoms with Crippen molar-refractivity contribution in [2.24, 2.45) is 11.3 Å². The summed E-state index contributed by atoms with van der Waals surface area (Å²) in [5, 5.41) is 11.9. The van der Waals surface area contributed by atoms with Gasteiger partial charge in [-0.2, -0.15) is 0 Å². The molecule has 1 aliphatic carbocycles. The number of amides is 1. The van der Waals surface area contributed by atoms with E-state index in [9.17, 15) is 14.7 Å². The lowest BCUT2D eigenvalue weighted by Crippen LogP contribution is -2.43. The van der Waals surface area contributed by atoms with Gasteiger partial charge in [0.05, 0.1) is 0 Å². The van der Waals surface area contributed by atoms with Crippen LogP contribution in [0, 0.1) is 11.3 Å². The highest BCUT2D eigenvalue weighted by Crippen LogP contribution is 2.54. The average molecular weight is 275 g/mol. The zero-order valence-corrected chi connectivity index (χ0v) is 11.9. The number of hydrogen-bond donors (Lipinski definition) is 2. The lowest BCUT2D eigenvalue weighted by atomic mass is 10.0. The van der Waals surface area contributed by atoms with E-state index in [-0.39, 0.29) is 17.2 Å². The third-order valence-corrected chi connectivity index (χ3v) is 4.37. The maximum atomic E-state index is 12.1. The van der Waals surface area contributed by atoms with E-state index in [2.05, 4.69) is 19.2 Å². The monoisotopic (exact) mass is 275 g/mol. The summed E-state index contributed by atoms with van der Waals surface area (Å²) in [4.78, 5) is 23.4. The molecule has 2 N–H and O–H groups in total. The van der Waals surface area contributed by atoms with Crippen LogP contribution in [-0.4, -0.2) is 23.0 Å². The molecular formula is C16H21NO3. The van der Waals surface area contributed by atoms with E-state index in [0.717, 1.165) is 18.4 Å². The molecular weight excluding hydrogens is 254 g/mol. The molecule has 2 unspecified atom stereocenters. The average Bonchev–Trinajstić information content (AvgIpc) is 3.12. The Hall–Kier alpha value is -1.84. The molecule has 1 saturated carbocycles. The lowest BCUT2D eigenvalue weighted by Gasteiger charge is -2.16. The molecule has 3 atom stereocenters. The summed E-state index contributed by atoms with van der Waals surface area (Å²) in [6, 6.07) is 8.50. The van der Waals surface area contributed by atoms with Crippen molar-refractivity contribution in [1.82, 2.24) is 5.32 Å². The zero-order chi connectivity index (χ0) is 14.8. The minimum atomic E-state index is -0.985. The summed E-state index contributed by atoms with van der Waals surface area (Å²) in [5.74, 6) is -1.15.